The van der Waals surface area contributed by atoms with Crippen molar-refractivity contribution in [2.75, 3.05) is 7.11 Å². The first-order valence-corrected chi connectivity index (χ1v) is 8.51. The lowest BCUT2D eigenvalue weighted by Gasteiger charge is -2.16. The summed E-state index contributed by atoms with van der Waals surface area (Å²) >= 11 is 1.46. The average molecular weight is 338 g/mol. The summed E-state index contributed by atoms with van der Waals surface area (Å²) in [7, 11) is 1.62. The number of hydrogen-bond acceptors (Lipinski definition) is 4. The van der Waals surface area contributed by atoms with E-state index in [0.717, 1.165) is 21.9 Å². The van der Waals surface area contributed by atoms with Crippen molar-refractivity contribution in [2.45, 2.75) is 13.0 Å². The van der Waals surface area contributed by atoms with E-state index in [1.54, 1.807) is 12.5 Å². The van der Waals surface area contributed by atoms with Crippen molar-refractivity contribution in [3.8, 4) is 16.3 Å². The third kappa shape index (κ3) is 3.46. The Bertz CT molecular complexity index is 830. The Hall–Kier alpha value is -2.66. The van der Waals surface area contributed by atoms with E-state index in [-0.39, 0.29) is 11.9 Å². The Labute approximate surface area is 145 Å². The van der Waals surface area contributed by atoms with Gasteiger partial charge in [-0.15, -0.1) is 11.3 Å². The minimum absolute atomic E-state index is 0.171. The first kappa shape index (κ1) is 16.2. The molecule has 0 fully saturated rings. The molecule has 0 bridgehead atoms. The van der Waals surface area contributed by atoms with E-state index >= 15 is 0 Å². The van der Waals surface area contributed by atoms with Crippen molar-refractivity contribution in [2.24, 2.45) is 0 Å². The fraction of sp³-hybridized carbons (Fsp3) is 0.158. The summed E-state index contributed by atoms with van der Waals surface area (Å²) in [6, 6.07) is 17.3. The molecule has 5 heteroatoms. The van der Waals surface area contributed by atoms with Crippen LogP contribution in [0.25, 0.3) is 10.6 Å². The SMILES string of the molecule is COc1ccccc1[C@H](C)NC(=O)c1csc(-c2ccccc2)n1. The number of rotatable bonds is 5. The number of hydrogen-bond donors (Lipinski definition) is 1. The van der Waals surface area contributed by atoms with Gasteiger partial charge in [0.1, 0.15) is 16.5 Å². The van der Waals surface area contributed by atoms with Gasteiger partial charge in [-0.05, 0) is 13.0 Å². The van der Waals surface area contributed by atoms with Gasteiger partial charge in [-0.1, -0.05) is 48.5 Å². The van der Waals surface area contributed by atoms with Crippen LogP contribution in [-0.2, 0) is 0 Å². The number of aromatic nitrogens is 1. The van der Waals surface area contributed by atoms with E-state index in [9.17, 15) is 4.79 Å². The highest BCUT2D eigenvalue weighted by molar-refractivity contribution is 7.13. The zero-order valence-electron chi connectivity index (χ0n) is 13.5. The van der Waals surface area contributed by atoms with Gasteiger partial charge in [0.15, 0.2) is 0 Å². The Kier molecular flexibility index (Phi) is 4.91. The lowest BCUT2D eigenvalue weighted by molar-refractivity contribution is 0.0935. The van der Waals surface area contributed by atoms with Crippen LogP contribution in [0.15, 0.2) is 60.0 Å². The average Bonchev–Trinajstić information content (AvgIpc) is 3.12. The number of carbonyl (C=O) groups excluding carboxylic acids is 1. The van der Waals surface area contributed by atoms with E-state index in [0.29, 0.717) is 5.69 Å². The molecule has 0 aliphatic heterocycles. The summed E-state index contributed by atoms with van der Waals surface area (Å²) in [6.45, 7) is 1.93. The van der Waals surface area contributed by atoms with Gasteiger partial charge in [-0.3, -0.25) is 4.79 Å². The molecule has 1 amide bonds. The van der Waals surface area contributed by atoms with Gasteiger partial charge in [0.2, 0.25) is 0 Å². The topological polar surface area (TPSA) is 51.2 Å². The molecule has 0 aliphatic carbocycles. The van der Waals surface area contributed by atoms with Crippen LogP contribution < -0.4 is 10.1 Å². The molecule has 0 radical (unpaired) electrons. The summed E-state index contributed by atoms with van der Waals surface area (Å²) in [4.78, 5) is 16.9. The molecule has 1 aromatic heterocycles. The molecule has 1 N–H and O–H groups in total. The highest BCUT2D eigenvalue weighted by Crippen LogP contribution is 2.26. The van der Waals surface area contributed by atoms with Gasteiger partial charge in [0.25, 0.3) is 5.91 Å². The van der Waals surface area contributed by atoms with Gasteiger partial charge in [-0.25, -0.2) is 4.98 Å². The van der Waals surface area contributed by atoms with Crippen molar-refractivity contribution in [3.05, 3.63) is 71.2 Å². The molecular weight excluding hydrogens is 320 g/mol. The highest BCUT2D eigenvalue weighted by atomic mass is 32.1. The third-order valence-electron chi connectivity index (χ3n) is 3.71. The molecule has 3 aromatic rings. The summed E-state index contributed by atoms with van der Waals surface area (Å²) in [5.41, 5.74) is 2.38. The molecule has 0 aliphatic rings. The fourth-order valence-corrected chi connectivity index (χ4v) is 3.27. The maximum Gasteiger partial charge on any atom is 0.271 e. The first-order valence-electron chi connectivity index (χ1n) is 7.63. The predicted octanol–water partition coefficient (Wildman–Crippen LogP) is 4.31. The number of benzene rings is 2. The maximum atomic E-state index is 12.5. The molecule has 0 unspecified atom stereocenters. The number of carbonyl (C=O) groups is 1. The lowest BCUT2D eigenvalue weighted by Crippen LogP contribution is -2.27. The van der Waals surface area contributed by atoms with E-state index in [2.05, 4.69) is 10.3 Å². The number of methoxy groups -OCH3 is 1. The second-order valence-corrected chi connectivity index (χ2v) is 6.20. The van der Waals surface area contributed by atoms with Crippen molar-refractivity contribution < 1.29 is 9.53 Å². The first-order chi connectivity index (χ1) is 11.7. The Balaban J connectivity index is 1.75. The van der Waals surface area contributed by atoms with Crippen LogP contribution in [0.5, 0.6) is 5.75 Å². The van der Waals surface area contributed by atoms with Crippen LogP contribution in [-0.4, -0.2) is 18.0 Å². The minimum Gasteiger partial charge on any atom is -0.496 e. The smallest absolute Gasteiger partial charge is 0.271 e. The number of amides is 1. The summed E-state index contributed by atoms with van der Waals surface area (Å²) in [5.74, 6) is 0.570. The number of nitrogens with one attached hydrogen (secondary N) is 1. The van der Waals surface area contributed by atoms with Crippen molar-refractivity contribution in [1.29, 1.82) is 0 Å². The van der Waals surface area contributed by atoms with Crippen molar-refractivity contribution in [3.63, 3.8) is 0 Å². The molecule has 4 nitrogen and oxygen atoms in total. The van der Waals surface area contributed by atoms with Gasteiger partial charge >= 0.3 is 0 Å². The number of ether oxygens (including phenoxy) is 1. The summed E-state index contributed by atoms with van der Waals surface area (Å²) in [5, 5.41) is 5.60. The zero-order chi connectivity index (χ0) is 16.9. The molecule has 2 aromatic carbocycles. The lowest BCUT2D eigenvalue weighted by atomic mass is 10.1. The van der Waals surface area contributed by atoms with E-state index in [1.807, 2.05) is 61.5 Å². The highest BCUT2D eigenvalue weighted by Gasteiger charge is 2.17. The number of para-hydroxylation sites is 1. The third-order valence-corrected chi connectivity index (χ3v) is 4.60. The van der Waals surface area contributed by atoms with Gasteiger partial charge in [-0.2, -0.15) is 0 Å². The van der Waals surface area contributed by atoms with E-state index in [1.165, 1.54) is 11.3 Å². The molecule has 3 rings (SSSR count). The molecule has 0 saturated carbocycles. The second-order valence-electron chi connectivity index (χ2n) is 5.34. The minimum atomic E-state index is -0.188. The standard InChI is InChI=1S/C19H18N2O2S/c1-13(15-10-6-7-11-17(15)23-2)20-18(22)16-12-24-19(21-16)14-8-4-3-5-9-14/h3-13H,1-2H3,(H,20,22)/t13-/m0/s1. The van der Waals surface area contributed by atoms with Crippen LogP contribution >= 0.6 is 11.3 Å². The number of nitrogens with zero attached hydrogens (tertiary/aromatic N) is 1. The fourth-order valence-electron chi connectivity index (χ4n) is 2.46. The van der Waals surface area contributed by atoms with Crippen molar-refractivity contribution in [1.82, 2.24) is 10.3 Å². The van der Waals surface area contributed by atoms with Crippen LogP contribution in [0.4, 0.5) is 0 Å². The van der Waals surface area contributed by atoms with Crippen LogP contribution in [0.1, 0.15) is 29.0 Å². The Morgan fingerprint density at radius 3 is 2.58 bits per heavy atom. The van der Waals surface area contributed by atoms with Crippen molar-refractivity contribution >= 4 is 17.2 Å². The quantitative estimate of drug-likeness (QED) is 0.754. The van der Waals surface area contributed by atoms with Gasteiger partial charge < -0.3 is 10.1 Å². The molecule has 24 heavy (non-hydrogen) atoms. The largest absolute Gasteiger partial charge is 0.496 e. The Morgan fingerprint density at radius 2 is 1.83 bits per heavy atom. The Morgan fingerprint density at radius 1 is 1.12 bits per heavy atom. The zero-order valence-corrected chi connectivity index (χ0v) is 14.3. The molecule has 0 saturated heterocycles. The van der Waals surface area contributed by atoms with E-state index in [4.69, 9.17) is 4.74 Å². The van der Waals surface area contributed by atoms with Gasteiger partial charge in [0.05, 0.1) is 13.2 Å². The summed E-state index contributed by atoms with van der Waals surface area (Å²) < 4.78 is 5.35. The summed E-state index contributed by atoms with van der Waals surface area (Å²) in [6.07, 6.45) is 0. The van der Waals surface area contributed by atoms with Crippen LogP contribution in [0.3, 0.4) is 0 Å². The van der Waals surface area contributed by atoms with Crippen LogP contribution in [0.2, 0.25) is 0 Å². The monoisotopic (exact) mass is 338 g/mol. The molecular formula is C19H18N2O2S. The van der Waals surface area contributed by atoms with E-state index < -0.39 is 0 Å². The molecule has 1 heterocycles. The molecule has 122 valence electrons. The predicted molar refractivity (Wildman–Crippen MR) is 96.4 cm³/mol. The molecule has 1 atom stereocenters. The second kappa shape index (κ2) is 7.27. The number of thiazole rings is 1. The molecule has 0 spiro atoms. The van der Waals surface area contributed by atoms with Gasteiger partial charge in [0, 0.05) is 16.5 Å². The van der Waals surface area contributed by atoms with Crippen LogP contribution in [0, 0.1) is 0 Å². The normalized spacial score (nSPS) is 11.8. The maximum absolute atomic E-state index is 12.5.